The fourth-order valence-electron chi connectivity index (χ4n) is 4.88. The second-order valence-electron chi connectivity index (χ2n) is 8.41. The van der Waals surface area contributed by atoms with Gasteiger partial charge in [0.1, 0.15) is 18.3 Å². The molecule has 1 aliphatic carbocycles. The third-order valence-electron chi connectivity index (χ3n) is 6.54. The highest BCUT2D eigenvalue weighted by atomic mass is 16.8. The van der Waals surface area contributed by atoms with E-state index in [1.54, 1.807) is 0 Å². The average molecular weight is 488 g/mol. The van der Waals surface area contributed by atoms with Gasteiger partial charge in [-0.2, -0.15) is 0 Å². The van der Waals surface area contributed by atoms with E-state index in [0.717, 1.165) is 0 Å². The number of hydrogen-bond donors (Lipinski definition) is 6. The fraction of sp³-hybridized carbons (Fsp3) is 0.364. The first-order valence-electron chi connectivity index (χ1n) is 10.7. The molecule has 3 aliphatic rings. The molecule has 0 spiro atoms. The van der Waals surface area contributed by atoms with E-state index < -0.39 is 53.9 Å². The summed E-state index contributed by atoms with van der Waals surface area (Å²) in [5.74, 6) is -2.75. The van der Waals surface area contributed by atoms with Crippen molar-refractivity contribution in [3.63, 3.8) is 0 Å². The Morgan fingerprint density at radius 2 is 1.94 bits per heavy atom. The number of nitrogens with zero attached hydrogens (tertiary/aromatic N) is 1. The van der Waals surface area contributed by atoms with Crippen LogP contribution in [0.4, 0.5) is 5.69 Å². The maximum atomic E-state index is 13.1. The van der Waals surface area contributed by atoms with Crippen molar-refractivity contribution in [1.29, 1.82) is 0 Å². The summed E-state index contributed by atoms with van der Waals surface area (Å²) in [4.78, 5) is 42.5. The van der Waals surface area contributed by atoms with Gasteiger partial charge >= 0.3 is 5.69 Å². The van der Waals surface area contributed by atoms with Crippen molar-refractivity contribution >= 4 is 17.5 Å². The molecule has 2 amide bonds. The predicted molar refractivity (Wildman–Crippen MR) is 114 cm³/mol. The average Bonchev–Trinajstić information content (AvgIpc) is 3.34. The van der Waals surface area contributed by atoms with Crippen LogP contribution in [0.3, 0.4) is 0 Å². The van der Waals surface area contributed by atoms with Gasteiger partial charge in [0.05, 0.1) is 22.6 Å². The molecular formula is C22H22N3O10+. The van der Waals surface area contributed by atoms with Crippen molar-refractivity contribution in [2.45, 2.75) is 36.3 Å². The van der Waals surface area contributed by atoms with Crippen LogP contribution in [0.2, 0.25) is 0 Å². The zero-order valence-electron chi connectivity index (χ0n) is 18.2. The molecule has 6 N–H and O–H groups in total. The Bertz CT molecular complexity index is 1230. The van der Waals surface area contributed by atoms with Gasteiger partial charge in [-0.3, -0.25) is 9.59 Å². The van der Waals surface area contributed by atoms with Crippen molar-refractivity contribution in [2.24, 2.45) is 0 Å². The monoisotopic (exact) mass is 488 g/mol. The molecule has 0 radical (unpaired) electrons. The molecule has 6 atom stereocenters. The Labute approximate surface area is 197 Å². The van der Waals surface area contributed by atoms with Crippen molar-refractivity contribution in [1.82, 2.24) is 10.6 Å². The summed E-state index contributed by atoms with van der Waals surface area (Å²) in [6.07, 6.45) is -4.93. The molecule has 0 bridgehead atoms. The molecule has 2 aromatic rings. The molecule has 13 heteroatoms. The van der Waals surface area contributed by atoms with E-state index in [0.29, 0.717) is 0 Å². The summed E-state index contributed by atoms with van der Waals surface area (Å²) >= 11 is 0. The highest BCUT2D eigenvalue weighted by Gasteiger charge is 2.54. The van der Waals surface area contributed by atoms with Crippen LogP contribution in [0.5, 0.6) is 17.2 Å². The van der Waals surface area contributed by atoms with E-state index in [1.807, 2.05) is 0 Å². The molecule has 4 unspecified atom stereocenters. The summed E-state index contributed by atoms with van der Waals surface area (Å²) in [7, 11) is 1.17. The number of hydrogen-bond acceptors (Lipinski definition) is 10. The summed E-state index contributed by atoms with van der Waals surface area (Å²) in [6, 6.07) is 4.69. The van der Waals surface area contributed by atoms with Crippen LogP contribution in [0.15, 0.2) is 30.3 Å². The first-order chi connectivity index (χ1) is 16.7. The number of ether oxygens (including phenoxy) is 2. The molecular weight excluding hydrogens is 466 g/mol. The zero-order chi connectivity index (χ0) is 25.0. The molecule has 35 heavy (non-hydrogen) atoms. The quantitative estimate of drug-likeness (QED) is 0.297. The molecule has 13 nitrogen and oxygen atoms in total. The zero-order valence-corrected chi connectivity index (χ0v) is 18.2. The minimum absolute atomic E-state index is 0.0213. The summed E-state index contributed by atoms with van der Waals surface area (Å²) < 4.78 is 10.6. The topological polar surface area (TPSA) is 187 Å². The summed E-state index contributed by atoms with van der Waals surface area (Å²) in [5, 5.41) is 47.8. The van der Waals surface area contributed by atoms with Gasteiger partial charge in [0, 0.05) is 23.6 Å². The van der Waals surface area contributed by atoms with Crippen molar-refractivity contribution in [2.75, 3.05) is 13.9 Å². The number of phenolic OH excluding ortho intramolecular Hbond substituents is 1. The molecule has 2 heterocycles. The van der Waals surface area contributed by atoms with Crippen molar-refractivity contribution < 1.29 is 49.2 Å². The lowest BCUT2D eigenvalue weighted by molar-refractivity contribution is -0.736. The maximum Gasteiger partial charge on any atom is 0.317 e. The number of amides is 2. The number of aromatic hydroxyl groups is 1. The Morgan fingerprint density at radius 1 is 1.17 bits per heavy atom. The number of fused-ring (bicyclic) bond motifs is 4. The van der Waals surface area contributed by atoms with Crippen LogP contribution in [-0.4, -0.2) is 81.5 Å². The standard InChI is InChI=1S/C22H21N3O10/c1-33-25(32)9-4-2-3-8(5-9)21(30)23-14-12-10-6-11-20(35-7-34-11)16(26)13(10)22(31)24-15(12)18(28)19(29)17(14)27/h2-6,12,14-15,17-19,27-29H,7H2,1H3,(H2-,23,24,26,30,31)/p+1/t12?,14?,15-,17+,18?,19?/m1/s1. The van der Waals surface area contributed by atoms with E-state index >= 15 is 0 Å². The Kier molecular flexibility index (Phi) is 5.46. The minimum Gasteiger partial charge on any atom is -0.504 e. The van der Waals surface area contributed by atoms with Gasteiger partial charge in [0.2, 0.25) is 12.5 Å². The van der Waals surface area contributed by atoms with Gasteiger partial charge in [-0.25, -0.2) is 4.84 Å². The van der Waals surface area contributed by atoms with Gasteiger partial charge in [-0.1, -0.05) is 6.07 Å². The number of aliphatic hydroxyl groups is 3. The largest absolute Gasteiger partial charge is 0.504 e. The molecule has 0 saturated heterocycles. The number of nitrogens with one attached hydrogen (secondary N) is 2. The van der Waals surface area contributed by atoms with Crippen LogP contribution in [0.1, 0.15) is 32.2 Å². The maximum absolute atomic E-state index is 13.1. The number of carbonyl (C=O) groups is 2. The van der Waals surface area contributed by atoms with Crippen LogP contribution >= 0.6 is 0 Å². The van der Waals surface area contributed by atoms with Gasteiger partial charge < -0.3 is 40.5 Å². The van der Waals surface area contributed by atoms with Gasteiger partial charge in [0.15, 0.2) is 18.6 Å². The highest BCUT2D eigenvalue weighted by Crippen LogP contribution is 2.50. The fourth-order valence-corrected chi connectivity index (χ4v) is 4.88. The molecule has 184 valence electrons. The number of phenols is 1. The first kappa shape index (κ1) is 22.8. The van der Waals surface area contributed by atoms with Crippen LogP contribution in [-0.2, 0) is 4.84 Å². The molecule has 2 aromatic carbocycles. The van der Waals surface area contributed by atoms with Gasteiger partial charge in [0.25, 0.3) is 16.7 Å². The second kappa shape index (κ2) is 8.37. The molecule has 1 saturated carbocycles. The van der Waals surface area contributed by atoms with Crippen molar-refractivity contribution in [3.05, 3.63) is 51.9 Å². The molecule has 2 aliphatic heterocycles. The number of rotatable bonds is 4. The van der Waals surface area contributed by atoms with E-state index in [-0.39, 0.29) is 45.6 Å². The summed E-state index contributed by atoms with van der Waals surface area (Å²) in [6.45, 7) is -0.180. The van der Waals surface area contributed by atoms with E-state index in [1.165, 1.54) is 37.4 Å². The second-order valence-corrected chi connectivity index (χ2v) is 8.41. The predicted octanol–water partition coefficient (Wildman–Crippen LogP) is -0.817. The lowest BCUT2D eigenvalue weighted by Crippen LogP contribution is -2.69. The van der Waals surface area contributed by atoms with E-state index in [4.69, 9.17) is 9.47 Å². The normalized spacial score (nSPS) is 28.4. The van der Waals surface area contributed by atoms with Crippen LogP contribution in [0.25, 0.3) is 0 Å². The van der Waals surface area contributed by atoms with Gasteiger partial charge in [-0.05, 0) is 17.7 Å². The van der Waals surface area contributed by atoms with Gasteiger partial charge in [-0.15, -0.1) is 0 Å². The smallest absolute Gasteiger partial charge is 0.317 e. The van der Waals surface area contributed by atoms with Crippen LogP contribution in [0, 0.1) is 4.91 Å². The lowest BCUT2D eigenvalue weighted by atomic mass is 9.68. The summed E-state index contributed by atoms with van der Waals surface area (Å²) in [5.41, 5.74) is 0.133. The first-order valence-corrected chi connectivity index (χ1v) is 10.7. The Hall–Kier alpha value is -3.94. The third-order valence-corrected chi connectivity index (χ3v) is 6.54. The van der Waals surface area contributed by atoms with E-state index in [9.17, 15) is 34.9 Å². The Morgan fingerprint density at radius 3 is 2.69 bits per heavy atom. The number of aliphatic hydroxyl groups excluding tert-OH is 3. The minimum atomic E-state index is -1.71. The Balaban J connectivity index is 1.56. The van der Waals surface area contributed by atoms with Crippen LogP contribution < -0.4 is 20.1 Å². The van der Waals surface area contributed by atoms with E-state index in [2.05, 4.69) is 15.5 Å². The van der Waals surface area contributed by atoms with Crippen molar-refractivity contribution in [3.8, 4) is 17.2 Å². The number of carbonyl (C=O) groups excluding carboxylic acids is 2. The highest BCUT2D eigenvalue weighted by molar-refractivity contribution is 6.02. The SMILES string of the molecule is CO[N+](=O)c1cccc(C(=O)NC2C3c4cc5c(c(O)c4C(=O)N[C@H]3C(O)C(O)[C@H]2O)OCO5)c1. The lowest BCUT2D eigenvalue weighted by Gasteiger charge is -2.49. The number of benzene rings is 2. The third kappa shape index (κ3) is 3.51. The molecule has 0 aromatic heterocycles. The molecule has 1 fully saturated rings. The molecule has 5 rings (SSSR count).